The number of ether oxygens (including phenoxy) is 1. The van der Waals surface area contributed by atoms with Gasteiger partial charge in [-0.3, -0.25) is 0 Å². The molecule has 0 unspecified atom stereocenters. The molecule has 0 radical (unpaired) electrons. The highest BCUT2D eigenvalue weighted by Crippen LogP contribution is 2.32. The van der Waals surface area contributed by atoms with Gasteiger partial charge in [0.15, 0.2) is 5.16 Å². The first-order chi connectivity index (χ1) is 13.7. The van der Waals surface area contributed by atoms with Gasteiger partial charge in [0, 0.05) is 18.5 Å². The molecule has 0 amide bonds. The molecule has 1 aromatic carbocycles. The van der Waals surface area contributed by atoms with Crippen LogP contribution in [-0.2, 0) is 23.5 Å². The zero-order valence-electron chi connectivity index (χ0n) is 16.1. The average molecular weight is 415 g/mol. The number of methoxy groups -OCH3 is 1. The van der Waals surface area contributed by atoms with Crippen molar-refractivity contribution in [3.05, 3.63) is 46.7 Å². The molecule has 0 aliphatic rings. The third kappa shape index (κ3) is 3.85. The third-order valence-electron chi connectivity index (χ3n) is 4.48. The maximum Gasteiger partial charge on any atom is 0.257 e. The van der Waals surface area contributed by atoms with Crippen molar-refractivity contribution in [2.75, 3.05) is 13.7 Å². The Morgan fingerprint density at radius 1 is 1.25 bits per heavy atom. The Hall–Kier alpha value is -2.16. The van der Waals surface area contributed by atoms with Crippen molar-refractivity contribution < 1.29 is 9.15 Å². The number of thiophene rings is 1. The van der Waals surface area contributed by atoms with E-state index >= 15 is 0 Å². The Balaban J connectivity index is 1.52. The number of hydrogen-bond donors (Lipinski definition) is 0. The number of para-hydroxylation sites is 2. The number of thioether (sulfide) groups is 1. The summed E-state index contributed by atoms with van der Waals surface area (Å²) in [5.41, 5.74) is 3.37. The van der Waals surface area contributed by atoms with Gasteiger partial charge in [-0.15, -0.1) is 21.5 Å². The van der Waals surface area contributed by atoms with E-state index in [2.05, 4.69) is 40.7 Å². The number of hydrogen-bond acceptors (Lipinski definition) is 7. The maximum absolute atomic E-state index is 5.90. The van der Waals surface area contributed by atoms with Crippen molar-refractivity contribution in [3.8, 4) is 10.8 Å². The lowest BCUT2D eigenvalue weighted by Crippen LogP contribution is -2.05. The van der Waals surface area contributed by atoms with E-state index in [0.29, 0.717) is 24.1 Å². The molecule has 0 aliphatic heterocycles. The molecule has 0 atom stereocenters. The van der Waals surface area contributed by atoms with Gasteiger partial charge in [-0.1, -0.05) is 30.8 Å². The Labute approximate surface area is 171 Å². The molecular formula is C20H22N4O2S2. The molecule has 4 aromatic rings. The largest absolute Gasteiger partial charge is 0.419 e. The Morgan fingerprint density at radius 2 is 2.11 bits per heavy atom. The molecule has 4 rings (SSSR count). The van der Waals surface area contributed by atoms with Crippen molar-refractivity contribution in [3.63, 3.8) is 0 Å². The van der Waals surface area contributed by atoms with Crippen molar-refractivity contribution in [1.82, 2.24) is 19.7 Å². The van der Waals surface area contributed by atoms with Gasteiger partial charge in [0.05, 0.1) is 28.3 Å². The highest BCUT2D eigenvalue weighted by molar-refractivity contribution is 7.98. The maximum atomic E-state index is 5.90. The van der Waals surface area contributed by atoms with Gasteiger partial charge in [0.25, 0.3) is 5.89 Å². The zero-order chi connectivity index (χ0) is 19.5. The third-order valence-corrected chi connectivity index (χ3v) is 6.81. The van der Waals surface area contributed by atoms with Crippen molar-refractivity contribution in [2.45, 2.75) is 37.7 Å². The van der Waals surface area contributed by atoms with Crippen LogP contribution in [0.5, 0.6) is 0 Å². The summed E-state index contributed by atoms with van der Waals surface area (Å²) in [6, 6.07) is 10.3. The summed E-state index contributed by atoms with van der Waals surface area (Å²) in [5, 5.41) is 9.39. The van der Waals surface area contributed by atoms with Gasteiger partial charge in [-0.25, -0.2) is 4.98 Å². The molecule has 3 heterocycles. The Bertz CT molecular complexity index is 1080. The molecule has 0 aliphatic carbocycles. The molecule has 0 fully saturated rings. The summed E-state index contributed by atoms with van der Waals surface area (Å²) < 4.78 is 13.3. The van der Waals surface area contributed by atoms with Crippen LogP contribution in [0.1, 0.15) is 23.3 Å². The number of rotatable bonds is 8. The van der Waals surface area contributed by atoms with E-state index in [0.717, 1.165) is 34.0 Å². The van der Waals surface area contributed by atoms with Crippen LogP contribution in [-0.4, -0.2) is 33.5 Å². The van der Waals surface area contributed by atoms with Gasteiger partial charge in [0.2, 0.25) is 5.89 Å². The fourth-order valence-corrected chi connectivity index (χ4v) is 4.99. The number of aromatic nitrogens is 4. The number of benzene rings is 1. The first-order valence-corrected chi connectivity index (χ1v) is 11.0. The van der Waals surface area contributed by atoms with Crippen LogP contribution in [0.25, 0.3) is 21.8 Å². The summed E-state index contributed by atoms with van der Waals surface area (Å²) in [6.07, 6.45) is 1.02. The predicted molar refractivity (Wildman–Crippen MR) is 113 cm³/mol. The lowest BCUT2D eigenvalue weighted by atomic mass is 10.2. The molecule has 3 aromatic heterocycles. The minimum absolute atomic E-state index is 0.578. The van der Waals surface area contributed by atoms with Gasteiger partial charge in [-0.2, -0.15) is 0 Å². The van der Waals surface area contributed by atoms with E-state index in [4.69, 9.17) is 14.1 Å². The minimum Gasteiger partial charge on any atom is -0.419 e. The van der Waals surface area contributed by atoms with E-state index < -0.39 is 0 Å². The summed E-state index contributed by atoms with van der Waals surface area (Å²) >= 11 is 3.32. The topological polar surface area (TPSA) is 66.0 Å². The Morgan fingerprint density at radius 3 is 2.89 bits per heavy atom. The predicted octanol–water partition coefficient (Wildman–Crippen LogP) is 4.96. The van der Waals surface area contributed by atoms with E-state index in [9.17, 15) is 0 Å². The highest BCUT2D eigenvalue weighted by Gasteiger charge is 2.15. The van der Waals surface area contributed by atoms with Gasteiger partial charge < -0.3 is 13.7 Å². The van der Waals surface area contributed by atoms with Gasteiger partial charge in [0.1, 0.15) is 0 Å². The molecule has 0 N–H and O–H groups in total. The molecule has 0 saturated heterocycles. The standard InChI is InChI=1S/C20H22N4O2S2/c1-4-16-13(2)11-17(28-16)19-23-22-18(26-19)12-27-20-21-14-7-5-6-8-15(14)24(20)9-10-25-3/h5-8,11H,4,9-10,12H2,1-3H3. The lowest BCUT2D eigenvalue weighted by molar-refractivity contribution is 0.186. The number of aryl methyl sites for hydroxylation is 2. The summed E-state index contributed by atoms with van der Waals surface area (Å²) in [7, 11) is 1.71. The first-order valence-electron chi connectivity index (χ1n) is 9.18. The van der Waals surface area contributed by atoms with Crippen LogP contribution >= 0.6 is 23.1 Å². The summed E-state index contributed by atoms with van der Waals surface area (Å²) in [6.45, 7) is 5.67. The smallest absolute Gasteiger partial charge is 0.257 e. The lowest BCUT2D eigenvalue weighted by Gasteiger charge is -2.07. The molecular weight excluding hydrogens is 392 g/mol. The van der Waals surface area contributed by atoms with Gasteiger partial charge >= 0.3 is 0 Å². The van der Waals surface area contributed by atoms with Crippen LogP contribution in [0.2, 0.25) is 0 Å². The van der Waals surface area contributed by atoms with E-state index in [1.165, 1.54) is 10.4 Å². The second-order valence-corrected chi connectivity index (χ2v) is 8.47. The molecule has 8 heteroatoms. The van der Waals surface area contributed by atoms with Gasteiger partial charge in [-0.05, 0) is 37.1 Å². The molecule has 0 spiro atoms. The monoisotopic (exact) mass is 414 g/mol. The van der Waals surface area contributed by atoms with Crippen LogP contribution in [0, 0.1) is 6.92 Å². The number of nitrogens with zero attached hydrogens (tertiary/aromatic N) is 4. The zero-order valence-corrected chi connectivity index (χ0v) is 17.8. The van der Waals surface area contributed by atoms with Crippen molar-refractivity contribution >= 4 is 34.1 Å². The first kappa shape index (κ1) is 19.2. The van der Waals surface area contributed by atoms with E-state index in [1.54, 1.807) is 30.2 Å². The van der Waals surface area contributed by atoms with Crippen LogP contribution in [0.15, 0.2) is 39.9 Å². The van der Waals surface area contributed by atoms with Crippen molar-refractivity contribution in [1.29, 1.82) is 0 Å². The van der Waals surface area contributed by atoms with Crippen LogP contribution in [0.3, 0.4) is 0 Å². The summed E-state index contributed by atoms with van der Waals surface area (Å²) in [5.74, 6) is 1.78. The SMILES string of the molecule is CCc1sc(-c2nnc(CSc3nc4ccccc4n3CCOC)o2)cc1C. The molecule has 0 saturated carbocycles. The molecule has 28 heavy (non-hydrogen) atoms. The molecule has 0 bridgehead atoms. The second-order valence-electron chi connectivity index (χ2n) is 6.39. The minimum atomic E-state index is 0.578. The second kappa shape index (κ2) is 8.46. The normalized spacial score (nSPS) is 11.5. The number of fused-ring (bicyclic) bond motifs is 1. The molecule has 6 nitrogen and oxygen atoms in total. The van der Waals surface area contributed by atoms with Crippen LogP contribution in [0.4, 0.5) is 0 Å². The fourth-order valence-electron chi connectivity index (χ4n) is 3.08. The molecule has 146 valence electrons. The number of imidazole rings is 1. The van der Waals surface area contributed by atoms with Crippen LogP contribution < -0.4 is 0 Å². The summed E-state index contributed by atoms with van der Waals surface area (Å²) in [4.78, 5) is 7.14. The Kier molecular flexibility index (Phi) is 5.79. The fraction of sp³-hybridized carbons (Fsp3) is 0.350. The van der Waals surface area contributed by atoms with E-state index in [1.807, 2.05) is 18.2 Å². The van der Waals surface area contributed by atoms with Crippen molar-refractivity contribution in [2.24, 2.45) is 0 Å². The average Bonchev–Trinajstić information content (AvgIpc) is 3.41. The quantitative estimate of drug-likeness (QED) is 0.380. The van der Waals surface area contributed by atoms with E-state index in [-0.39, 0.29) is 0 Å². The highest BCUT2D eigenvalue weighted by atomic mass is 32.2.